The van der Waals surface area contributed by atoms with Gasteiger partial charge in [0.15, 0.2) is 11.0 Å². The van der Waals surface area contributed by atoms with Gasteiger partial charge in [-0.15, -0.1) is 28.1 Å². The van der Waals surface area contributed by atoms with Gasteiger partial charge in [0, 0.05) is 17.8 Å². The Morgan fingerprint density at radius 1 is 1.24 bits per heavy atom. The van der Waals surface area contributed by atoms with E-state index in [-0.39, 0.29) is 23.5 Å². The number of hydrazone groups is 1. The van der Waals surface area contributed by atoms with Crippen LogP contribution in [0.15, 0.2) is 87.5 Å². The number of thioether (sulfide) groups is 1. The van der Waals surface area contributed by atoms with Crippen molar-refractivity contribution < 1.29 is 13.6 Å². The quantitative estimate of drug-likeness (QED) is 0.243. The minimum Gasteiger partial charge on any atom is -0.463 e. The van der Waals surface area contributed by atoms with E-state index in [1.807, 2.05) is 23.6 Å². The predicted molar refractivity (Wildman–Crippen MR) is 130 cm³/mol. The third-order valence-electron chi connectivity index (χ3n) is 5.31. The molecule has 0 spiro atoms. The van der Waals surface area contributed by atoms with Crippen molar-refractivity contribution in [3.05, 3.63) is 89.3 Å². The van der Waals surface area contributed by atoms with E-state index >= 15 is 0 Å². The van der Waals surface area contributed by atoms with Crippen LogP contribution in [0.5, 0.6) is 0 Å². The lowest BCUT2D eigenvalue weighted by Crippen LogP contribution is -2.28. The summed E-state index contributed by atoms with van der Waals surface area (Å²) < 4.78 is 21.6. The van der Waals surface area contributed by atoms with E-state index < -0.39 is 0 Å². The summed E-state index contributed by atoms with van der Waals surface area (Å²) in [6, 6.07) is 13.8. The molecule has 0 fully saturated rings. The van der Waals surface area contributed by atoms with Gasteiger partial charge < -0.3 is 4.42 Å². The summed E-state index contributed by atoms with van der Waals surface area (Å²) in [5, 5.41) is 17.0. The molecule has 1 amide bonds. The molecule has 1 aromatic carbocycles. The number of allylic oxidation sites excluding steroid dienone is 1. The average molecular weight is 494 g/mol. The second-order valence-corrected chi connectivity index (χ2v) is 9.39. The lowest BCUT2D eigenvalue weighted by Gasteiger charge is -2.20. The van der Waals surface area contributed by atoms with Gasteiger partial charge in [0.25, 0.3) is 5.91 Å². The molecule has 0 saturated carbocycles. The zero-order valence-electron chi connectivity index (χ0n) is 18.0. The van der Waals surface area contributed by atoms with Crippen LogP contribution in [0.25, 0.3) is 11.4 Å². The molecular formula is C24H20FN5O2S2. The molecule has 4 heterocycles. The van der Waals surface area contributed by atoms with Crippen molar-refractivity contribution in [3.8, 4) is 11.4 Å². The first-order valence-electron chi connectivity index (χ1n) is 10.5. The molecule has 0 bridgehead atoms. The Hall–Kier alpha value is -3.50. The summed E-state index contributed by atoms with van der Waals surface area (Å²) in [5.41, 5.74) is 1.08. The molecule has 1 aliphatic rings. The molecule has 0 saturated heterocycles. The first-order chi connectivity index (χ1) is 16.7. The number of amides is 1. The molecule has 0 aliphatic carbocycles. The maximum absolute atomic E-state index is 14.4. The average Bonchev–Trinajstić information content (AvgIpc) is 3.65. The molecule has 1 unspecified atom stereocenters. The predicted octanol–water partition coefficient (Wildman–Crippen LogP) is 5.39. The van der Waals surface area contributed by atoms with Gasteiger partial charge in [0.1, 0.15) is 17.3 Å². The fourth-order valence-electron chi connectivity index (χ4n) is 3.76. The molecule has 1 aliphatic heterocycles. The highest BCUT2D eigenvalue weighted by molar-refractivity contribution is 7.99. The highest BCUT2D eigenvalue weighted by Crippen LogP contribution is 2.36. The fourth-order valence-corrected chi connectivity index (χ4v) is 5.37. The summed E-state index contributed by atoms with van der Waals surface area (Å²) in [6.45, 7) is 4.17. The maximum atomic E-state index is 14.4. The summed E-state index contributed by atoms with van der Waals surface area (Å²) in [6.07, 6.45) is 3.86. The van der Waals surface area contributed by atoms with Crippen LogP contribution in [-0.2, 0) is 11.3 Å². The Bertz CT molecular complexity index is 1330. The molecule has 0 N–H and O–H groups in total. The van der Waals surface area contributed by atoms with Crippen LogP contribution < -0.4 is 0 Å². The monoisotopic (exact) mass is 493 g/mol. The van der Waals surface area contributed by atoms with Gasteiger partial charge in [-0.05, 0) is 35.7 Å². The summed E-state index contributed by atoms with van der Waals surface area (Å²) in [5.74, 6) is 0.603. The normalized spacial score (nSPS) is 15.5. The van der Waals surface area contributed by atoms with E-state index in [0.29, 0.717) is 35.3 Å². The number of nitrogens with zero attached hydrogens (tertiary/aromatic N) is 5. The van der Waals surface area contributed by atoms with Crippen molar-refractivity contribution in [2.75, 3.05) is 5.75 Å². The lowest BCUT2D eigenvalue weighted by molar-refractivity contribution is -0.130. The molecular weight excluding hydrogens is 473 g/mol. The number of carbonyl (C=O) groups is 1. The van der Waals surface area contributed by atoms with Crippen molar-refractivity contribution in [1.29, 1.82) is 0 Å². The van der Waals surface area contributed by atoms with E-state index in [1.165, 1.54) is 22.8 Å². The molecule has 4 aromatic rings. The van der Waals surface area contributed by atoms with E-state index in [4.69, 9.17) is 4.42 Å². The van der Waals surface area contributed by atoms with Crippen molar-refractivity contribution >= 4 is 34.7 Å². The lowest BCUT2D eigenvalue weighted by atomic mass is 10.1. The standard InChI is InChI=1S/C24H20FN5O2S2/c1-2-11-29-23(16-7-3-4-8-17(16)25)26-27-24(29)34-15-22(31)30-19(21-10-6-13-33-21)14-18(28-30)20-9-5-12-32-20/h2-10,12-13,19H,1,11,14-15H2. The Morgan fingerprint density at radius 2 is 2.12 bits per heavy atom. The first kappa shape index (κ1) is 22.3. The molecule has 3 aromatic heterocycles. The number of rotatable bonds is 8. The molecule has 34 heavy (non-hydrogen) atoms. The highest BCUT2D eigenvalue weighted by Gasteiger charge is 2.34. The minimum atomic E-state index is -0.386. The Balaban J connectivity index is 1.38. The number of hydrogen-bond acceptors (Lipinski definition) is 7. The zero-order chi connectivity index (χ0) is 23.5. The third-order valence-corrected chi connectivity index (χ3v) is 7.24. The number of aromatic nitrogens is 3. The summed E-state index contributed by atoms with van der Waals surface area (Å²) >= 11 is 2.83. The van der Waals surface area contributed by atoms with Crippen LogP contribution in [0.3, 0.4) is 0 Å². The molecule has 0 radical (unpaired) electrons. The van der Waals surface area contributed by atoms with Crippen LogP contribution >= 0.6 is 23.1 Å². The topological polar surface area (TPSA) is 76.5 Å². The van der Waals surface area contributed by atoms with Gasteiger partial charge in [-0.1, -0.05) is 36.0 Å². The number of hydrogen-bond donors (Lipinski definition) is 0. The largest absolute Gasteiger partial charge is 0.463 e. The van der Waals surface area contributed by atoms with Crippen LogP contribution in [0.2, 0.25) is 0 Å². The van der Waals surface area contributed by atoms with Crippen molar-refractivity contribution in [1.82, 2.24) is 19.8 Å². The number of thiophene rings is 1. The van der Waals surface area contributed by atoms with Gasteiger partial charge in [-0.3, -0.25) is 9.36 Å². The van der Waals surface area contributed by atoms with Gasteiger partial charge in [-0.25, -0.2) is 9.40 Å². The fraction of sp³-hybridized carbons (Fsp3) is 0.167. The second-order valence-electron chi connectivity index (χ2n) is 7.47. The highest BCUT2D eigenvalue weighted by atomic mass is 32.2. The second kappa shape index (κ2) is 9.78. The molecule has 10 heteroatoms. The maximum Gasteiger partial charge on any atom is 0.253 e. The zero-order valence-corrected chi connectivity index (χ0v) is 19.6. The van der Waals surface area contributed by atoms with E-state index in [1.54, 1.807) is 52.5 Å². The Morgan fingerprint density at radius 3 is 2.85 bits per heavy atom. The minimum absolute atomic E-state index is 0.101. The van der Waals surface area contributed by atoms with Crippen LogP contribution in [-0.4, -0.2) is 37.1 Å². The number of halogens is 1. The number of benzene rings is 1. The summed E-state index contributed by atoms with van der Waals surface area (Å²) in [4.78, 5) is 14.3. The number of carbonyl (C=O) groups excluding carboxylic acids is 1. The summed E-state index contributed by atoms with van der Waals surface area (Å²) in [7, 11) is 0. The van der Waals surface area contributed by atoms with Gasteiger partial charge >= 0.3 is 0 Å². The van der Waals surface area contributed by atoms with Crippen LogP contribution in [0.4, 0.5) is 4.39 Å². The van der Waals surface area contributed by atoms with Crippen molar-refractivity contribution in [2.24, 2.45) is 5.10 Å². The molecule has 5 rings (SSSR count). The Kier molecular flexibility index (Phi) is 6.41. The van der Waals surface area contributed by atoms with Gasteiger partial charge in [-0.2, -0.15) is 5.10 Å². The van der Waals surface area contributed by atoms with Gasteiger partial charge in [0.05, 0.1) is 23.6 Å². The Labute approximate surface area is 203 Å². The van der Waals surface area contributed by atoms with Crippen molar-refractivity contribution in [3.63, 3.8) is 0 Å². The SMILES string of the molecule is C=CCn1c(SCC(=O)N2N=C(c3ccco3)CC2c2cccs2)nnc1-c1ccccc1F. The van der Waals surface area contributed by atoms with Gasteiger partial charge in [0.2, 0.25) is 0 Å². The first-order valence-corrected chi connectivity index (χ1v) is 12.4. The molecule has 172 valence electrons. The van der Waals surface area contributed by atoms with Crippen LogP contribution in [0.1, 0.15) is 23.1 Å². The molecule has 1 atom stereocenters. The third kappa shape index (κ3) is 4.34. The van der Waals surface area contributed by atoms with E-state index in [0.717, 1.165) is 10.6 Å². The smallest absolute Gasteiger partial charge is 0.253 e. The number of furan rings is 1. The van der Waals surface area contributed by atoms with E-state index in [2.05, 4.69) is 21.9 Å². The van der Waals surface area contributed by atoms with Crippen LogP contribution in [0, 0.1) is 5.82 Å². The molecule has 7 nitrogen and oxygen atoms in total. The van der Waals surface area contributed by atoms with Crippen molar-refractivity contribution in [2.45, 2.75) is 24.2 Å². The van der Waals surface area contributed by atoms with E-state index in [9.17, 15) is 9.18 Å².